The Morgan fingerprint density at radius 1 is 1.17 bits per heavy atom. The summed E-state index contributed by atoms with van der Waals surface area (Å²) >= 11 is 0. The van der Waals surface area contributed by atoms with Crippen molar-refractivity contribution in [3.05, 3.63) is 17.6 Å². The molecule has 0 spiro atoms. The van der Waals surface area contributed by atoms with Gasteiger partial charge in [-0.2, -0.15) is 0 Å². The van der Waals surface area contributed by atoms with Gasteiger partial charge in [-0.3, -0.25) is 4.79 Å². The van der Waals surface area contributed by atoms with Crippen molar-refractivity contribution in [2.24, 2.45) is 5.92 Å². The van der Waals surface area contributed by atoms with Crippen LogP contribution in [0.2, 0.25) is 0 Å². The number of aryl methyl sites for hydroxylation is 1. The van der Waals surface area contributed by atoms with E-state index in [0.29, 0.717) is 17.4 Å². The molecular formula is C17H27N5O. The molecule has 0 radical (unpaired) electrons. The van der Waals surface area contributed by atoms with Crippen molar-refractivity contribution in [3.63, 3.8) is 0 Å². The van der Waals surface area contributed by atoms with Gasteiger partial charge < -0.3 is 14.7 Å². The number of hydrogen-bond donors (Lipinski definition) is 0. The fourth-order valence-electron chi connectivity index (χ4n) is 3.39. The molecule has 1 aromatic rings. The number of rotatable bonds is 2. The van der Waals surface area contributed by atoms with E-state index in [1.54, 1.807) is 0 Å². The molecule has 2 aliphatic heterocycles. The zero-order valence-electron chi connectivity index (χ0n) is 14.5. The number of aromatic nitrogens is 2. The Hall–Kier alpha value is -1.69. The first kappa shape index (κ1) is 16.2. The highest BCUT2D eigenvalue weighted by molar-refractivity contribution is 5.93. The zero-order chi connectivity index (χ0) is 16.4. The van der Waals surface area contributed by atoms with Crippen LogP contribution in [0.3, 0.4) is 0 Å². The number of likely N-dealkylation sites (N-methyl/N-ethyl adjacent to an activating group) is 1. The van der Waals surface area contributed by atoms with E-state index >= 15 is 0 Å². The van der Waals surface area contributed by atoms with Gasteiger partial charge in [-0.05, 0) is 32.7 Å². The maximum absolute atomic E-state index is 12.8. The van der Waals surface area contributed by atoms with Gasteiger partial charge in [0.25, 0.3) is 5.91 Å². The summed E-state index contributed by atoms with van der Waals surface area (Å²) in [6, 6.07) is 1.87. The van der Waals surface area contributed by atoms with Crippen molar-refractivity contribution in [1.82, 2.24) is 19.8 Å². The second kappa shape index (κ2) is 6.83. The number of carbonyl (C=O) groups excluding carboxylic acids is 1. The Balaban J connectivity index is 1.78. The highest BCUT2D eigenvalue weighted by Gasteiger charge is 2.24. The lowest BCUT2D eigenvalue weighted by atomic mass is 10.00. The second-order valence-corrected chi connectivity index (χ2v) is 6.95. The smallest absolute Gasteiger partial charge is 0.272 e. The average Bonchev–Trinajstić information content (AvgIpc) is 2.54. The Labute approximate surface area is 138 Å². The van der Waals surface area contributed by atoms with Crippen molar-refractivity contribution >= 4 is 11.7 Å². The molecule has 2 fully saturated rings. The van der Waals surface area contributed by atoms with Crippen molar-refractivity contribution < 1.29 is 4.79 Å². The first-order valence-corrected chi connectivity index (χ1v) is 8.61. The molecule has 2 aliphatic rings. The molecule has 0 aliphatic carbocycles. The van der Waals surface area contributed by atoms with Crippen molar-refractivity contribution in [2.45, 2.75) is 26.7 Å². The summed E-state index contributed by atoms with van der Waals surface area (Å²) < 4.78 is 0. The predicted molar refractivity (Wildman–Crippen MR) is 90.8 cm³/mol. The average molecular weight is 317 g/mol. The number of likely N-dealkylation sites (tertiary alicyclic amines) is 1. The van der Waals surface area contributed by atoms with E-state index in [9.17, 15) is 4.79 Å². The lowest BCUT2D eigenvalue weighted by Gasteiger charge is -2.34. The number of nitrogens with zero attached hydrogens (tertiary/aromatic N) is 5. The monoisotopic (exact) mass is 317 g/mol. The third-order valence-corrected chi connectivity index (χ3v) is 4.82. The van der Waals surface area contributed by atoms with E-state index in [1.165, 1.54) is 6.42 Å². The van der Waals surface area contributed by atoms with Crippen LogP contribution in [0.1, 0.15) is 36.1 Å². The summed E-state index contributed by atoms with van der Waals surface area (Å²) in [6.45, 7) is 9.70. The Morgan fingerprint density at radius 2 is 1.91 bits per heavy atom. The number of piperazine rings is 1. The third-order valence-electron chi connectivity index (χ3n) is 4.82. The minimum Gasteiger partial charge on any atom is -0.354 e. The van der Waals surface area contributed by atoms with Gasteiger partial charge in [-0.15, -0.1) is 0 Å². The van der Waals surface area contributed by atoms with Gasteiger partial charge in [0.05, 0.1) is 0 Å². The van der Waals surface area contributed by atoms with Gasteiger partial charge in [-0.1, -0.05) is 6.92 Å². The maximum Gasteiger partial charge on any atom is 0.272 e. The van der Waals surface area contributed by atoms with E-state index in [0.717, 1.165) is 51.5 Å². The minimum absolute atomic E-state index is 0.0532. The van der Waals surface area contributed by atoms with Crippen LogP contribution >= 0.6 is 0 Å². The number of hydrogen-bond acceptors (Lipinski definition) is 5. The van der Waals surface area contributed by atoms with Crippen molar-refractivity contribution in [3.8, 4) is 0 Å². The molecule has 126 valence electrons. The molecule has 1 amide bonds. The molecule has 0 saturated carbocycles. The summed E-state index contributed by atoms with van der Waals surface area (Å²) in [6.07, 6.45) is 2.29. The molecule has 0 bridgehead atoms. The van der Waals surface area contributed by atoms with E-state index in [1.807, 2.05) is 17.9 Å². The Morgan fingerprint density at radius 3 is 2.61 bits per heavy atom. The van der Waals surface area contributed by atoms with Crippen molar-refractivity contribution in [1.29, 1.82) is 0 Å². The maximum atomic E-state index is 12.8. The van der Waals surface area contributed by atoms with E-state index < -0.39 is 0 Å². The van der Waals surface area contributed by atoms with Gasteiger partial charge >= 0.3 is 0 Å². The van der Waals surface area contributed by atoms with Gasteiger partial charge in [0.1, 0.15) is 17.3 Å². The van der Waals surface area contributed by atoms with Gasteiger partial charge in [-0.25, -0.2) is 9.97 Å². The van der Waals surface area contributed by atoms with E-state index in [2.05, 4.69) is 33.7 Å². The topological polar surface area (TPSA) is 52.6 Å². The normalized spacial score (nSPS) is 23.2. The Bertz CT molecular complexity index is 568. The SMILES string of the molecule is Cc1nc(C(=O)N2CCCC(C)C2)cc(N2CCN(C)CC2)n1. The summed E-state index contributed by atoms with van der Waals surface area (Å²) in [4.78, 5) is 28.3. The standard InChI is InChI=1S/C17H27N5O/c1-13-5-4-6-22(12-13)17(23)15-11-16(19-14(2)18-15)21-9-7-20(3)8-10-21/h11,13H,4-10,12H2,1-3H3. The first-order valence-electron chi connectivity index (χ1n) is 8.61. The summed E-state index contributed by atoms with van der Waals surface area (Å²) in [7, 11) is 2.13. The van der Waals surface area contributed by atoms with E-state index in [4.69, 9.17) is 0 Å². The fourth-order valence-corrected chi connectivity index (χ4v) is 3.39. The molecule has 6 heteroatoms. The number of carbonyl (C=O) groups is 1. The summed E-state index contributed by atoms with van der Waals surface area (Å²) in [5.41, 5.74) is 0.542. The van der Waals surface area contributed by atoms with Crippen LogP contribution in [0.4, 0.5) is 5.82 Å². The molecule has 0 N–H and O–H groups in total. The molecule has 2 saturated heterocycles. The highest BCUT2D eigenvalue weighted by atomic mass is 16.2. The first-order chi connectivity index (χ1) is 11.0. The molecule has 1 atom stereocenters. The largest absolute Gasteiger partial charge is 0.354 e. The quantitative estimate of drug-likeness (QED) is 0.825. The highest BCUT2D eigenvalue weighted by Crippen LogP contribution is 2.20. The Kier molecular flexibility index (Phi) is 4.80. The number of anilines is 1. The van der Waals surface area contributed by atoms with Gasteiger partial charge in [0.2, 0.25) is 0 Å². The molecule has 0 aromatic carbocycles. The predicted octanol–water partition coefficient (Wildman–Crippen LogP) is 1.41. The van der Waals surface area contributed by atoms with E-state index in [-0.39, 0.29) is 5.91 Å². The zero-order valence-corrected chi connectivity index (χ0v) is 14.5. The minimum atomic E-state index is 0.0532. The second-order valence-electron chi connectivity index (χ2n) is 6.95. The van der Waals surface area contributed by atoms with Crippen LogP contribution in [-0.2, 0) is 0 Å². The number of piperidine rings is 1. The van der Waals surface area contributed by atoms with Gasteiger partial charge in [0, 0.05) is 45.3 Å². The third kappa shape index (κ3) is 3.80. The van der Waals surface area contributed by atoms with Crippen LogP contribution in [0, 0.1) is 12.8 Å². The van der Waals surface area contributed by atoms with Crippen LogP contribution in [0.5, 0.6) is 0 Å². The van der Waals surface area contributed by atoms with Crippen molar-refractivity contribution in [2.75, 3.05) is 51.2 Å². The van der Waals surface area contributed by atoms with Crippen LogP contribution in [0.25, 0.3) is 0 Å². The van der Waals surface area contributed by atoms with Crippen LogP contribution in [0.15, 0.2) is 6.07 Å². The molecular weight excluding hydrogens is 290 g/mol. The fraction of sp³-hybridized carbons (Fsp3) is 0.706. The summed E-state index contributed by atoms with van der Waals surface area (Å²) in [5, 5.41) is 0. The number of amides is 1. The lowest BCUT2D eigenvalue weighted by Crippen LogP contribution is -2.45. The molecule has 3 heterocycles. The molecule has 1 unspecified atom stereocenters. The molecule has 23 heavy (non-hydrogen) atoms. The lowest BCUT2D eigenvalue weighted by molar-refractivity contribution is 0.0676. The van der Waals surface area contributed by atoms with Gasteiger partial charge in [0.15, 0.2) is 0 Å². The van der Waals surface area contributed by atoms with Crippen LogP contribution in [-0.4, -0.2) is 72.0 Å². The molecule has 3 rings (SSSR count). The molecule has 6 nitrogen and oxygen atoms in total. The molecule has 1 aromatic heterocycles. The van der Waals surface area contributed by atoms with Crippen LogP contribution < -0.4 is 4.90 Å². The summed E-state index contributed by atoms with van der Waals surface area (Å²) in [5.74, 6) is 2.19.